The minimum atomic E-state index is -4.88. The second-order valence-corrected chi connectivity index (χ2v) is 3.44. The second kappa shape index (κ2) is 5.03. The summed E-state index contributed by atoms with van der Waals surface area (Å²) in [5, 5.41) is 0. The Kier molecular flexibility index (Phi) is 3.93. The minimum Gasteiger partial charge on any atom is -0.496 e. The molecule has 0 aliphatic rings. The average Bonchev–Trinajstić information content (AvgIpc) is 2.25. The van der Waals surface area contributed by atoms with Crippen molar-refractivity contribution in [2.45, 2.75) is 13.1 Å². The molecule has 0 unspecified atom stereocenters. The zero-order valence-electron chi connectivity index (χ0n) is 9.34. The molecule has 0 saturated heterocycles. The van der Waals surface area contributed by atoms with E-state index in [1.807, 2.05) is 6.92 Å². The van der Waals surface area contributed by atoms with E-state index >= 15 is 0 Å². The number of aryl methyl sites for hydroxylation is 1. The molecule has 0 heterocycles. The highest BCUT2D eigenvalue weighted by molar-refractivity contribution is 5.99. The van der Waals surface area contributed by atoms with Gasteiger partial charge in [0.15, 0.2) is 0 Å². The number of hydrogen-bond acceptors (Lipinski definition) is 2. The first-order valence-corrected chi connectivity index (χ1v) is 4.78. The molecule has 2 nitrogen and oxygen atoms in total. The Balaban J connectivity index is 3.04. The number of allylic oxidation sites excluding steroid dienone is 1. The van der Waals surface area contributed by atoms with Gasteiger partial charge in [-0.1, -0.05) is 29.8 Å². The molecule has 0 aliphatic carbocycles. The van der Waals surface area contributed by atoms with Crippen LogP contribution < -0.4 is 0 Å². The summed E-state index contributed by atoms with van der Waals surface area (Å²) in [7, 11) is 1.22. The molecular formula is C12H11F3O2. The van der Waals surface area contributed by atoms with Crippen molar-refractivity contribution >= 4 is 11.5 Å². The summed E-state index contributed by atoms with van der Waals surface area (Å²) in [4.78, 5) is 10.8. The number of alkyl halides is 3. The number of carbonyl (C=O) groups is 1. The quantitative estimate of drug-likeness (QED) is 0.603. The van der Waals surface area contributed by atoms with Gasteiger partial charge in [0.1, 0.15) is 5.76 Å². The number of rotatable bonds is 3. The van der Waals surface area contributed by atoms with Gasteiger partial charge in [0.05, 0.1) is 7.11 Å². The van der Waals surface area contributed by atoms with E-state index in [0.717, 1.165) is 5.56 Å². The van der Waals surface area contributed by atoms with Gasteiger partial charge in [-0.25, -0.2) is 0 Å². The molecule has 1 aromatic carbocycles. The van der Waals surface area contributed by atoms with Gasteiger partial charge in [-0.15, -0.1) is 0 Å². The molecule has 0 bridgehead atoms. The Labute approximate surface area is 96.7 Å². The van der Waals surface area contributed by atoms with Crippen LogP contribution in [-0.2, 0) is 9.53 Å². The molecule has 17 heavy (non-hydrogen) atoms. The molecule has 0 N–H and O–H groups in total. The SMILES string of the molecule is CO/C(=C\C(=O)C(F)(F)F)c1ccc(C)cc1. The Hall–Kier alpha value is -1.78. The first kappa shape index (κ1) is 13.3. The van der Waals surface area contributed by atoms with Gasteiger partial charge in [0, 0.05) is 11.6 Å². The first-order chi connectivity index (χ1) is 7.84. The summed E-state index contributed by atoms with van der Waals surface area (Å²) >= 11 is 0. The largest absolute Gasteiger partial charge is 0.496 e. The average molecular weight is 244 g/mol. The zero-order chi connectivity index (χ0) is 13.1. The third-order valence-corrected chi connectivity index (χ3v) is 2.10. The van der Waals surface area contributed by atoms with Crippen molar-refractivity contribution in [1.82, 2.24) is 0 Å². The lowest BCUT2D eigenvalue weighted by atomic mass is 10.1. The van der Waals surface area contributed by atoms with Crippen LogP contribution in [0, 0.1) is 6.92 Å². The summed E-state index contributed by atoms with van der Waals surface area (Å²) in [6, 6.07) is 6.63. The number of benzene rings is 1. The van der Waals surface area contributed by atoms with Crippen LogP contribution in [0.25, 0.3) is 5.76 Å². The van der Waals surface area contributed by atoms with Gasteiger partial charge < -0.3 is 4.74 Å². The van der Waals surface area contributed by atoms with Gasteiger partial charge in [-0.2, -0.15) is 13.2 Å². The van der Waals surface area contributed by atoms with Gasteiger partial charge in [0.25, 0.3) is 5.78 Å². The molecular weight excluding hydrogens is 233 g/mol. The second-order valence-electron chi connectivity index (χ2n) is 3.44. The monoisotopic (exact) mass is 244 g/mol. The normalized spacial score (nSPS) is 12.4. The van der Waals surface area contributed by atoms with Crippen molar-refractivity contribution in [3.63, 3.8) is 0 Å². The smallest absolute Gasteiger partial charge is 0.454 e. The highest BCUT2D eigenvalue weighted by Crippen LogP contribution is 2.21. The highest BCUT2D eigenvalue weighted by Gasteiger charge is 2.37. The van der Waals surface area contributed by atoms with E-state index in [2.05, 4.69) is 0 Å². The summed E-state index contributed by atoms with van der Waals surface area (Å²) < 4.78 is 41.0. The van der Waals surface area contributed by atoms with E-state index in [1.54, 1.807) is 24.3 Å². The van der Waals surface area contributed by atoms with Crippen LogP contribution in [0.2, 0.25) is 0 Å². The number of methoxy groups -OCH3 is 1. The van der Waals surface area contributed by atoms with E-state index in [0.29, 0.717) is 11.6 Å². The van der Waals surface area contributed by atoms with Gasteiger partial charge in [0.2, 0.25) is 0 Å². The predicted molar refractivity (Wildman–Crippen MR) is 57.2 cm³/mol. The third-order valence-electron chi connectivity index (χ3n) is 2.10. The van der Waals surface area contributed by atoms with Crippen molar-refractivity contribution in [2.75, 3.05) is 7.11 Å². The van der Waals surface area contributed by atoms with Crippen molar-refractivity contribution in [2.24, 2.45) is 0 Å². The molecule has 0 amide bonds. The van der Waals surface area contributed by atoms with Crippen molar-refractivity contribution in [3.05, 3.63) is 41.5 Å². The number of carbonyl (C=O) groups excluding carboxylic acids is 1. The number of hydrogen-bond donors (Lipinski definition) is 0. The minimum absolute atomic E-state index is 0.104. The Morgan fingerprint density at radius 1 is 1.24 bits per heavy atom. The van der Waals surface area contributed by atoms with Crippen LogP contribution in [0.4, 0.5) is 13.2 Å². The van der Waals surface area contributed by atoms with Crippen molar-refractivity contribution in [1.29, 1.82) is 0 Å². The summed E-state index contributed by atoms with van der Waals surface area (Å²) in [6.45, 7) is 1.85. The third kappa shape index (κ3) is 3.62. The summed E-state index contributed by atoms with van der Waals surface area (Å²) in [6.07, 6.45) is -4.43. The van der Waals surface area contributed by atoms with Crippen LogP contribution in [0.5, 0.6) is 0 Å². The first-order valence-electron chi connectivity index (χ1n) is 4.78. The van der Waals surface area contributed by atoms with Crippen LogP contribution in [-0.4, -0.2) is 19.1 Å². The van der Waals surface area contributed by atoms with Crippen LogP contribution in [0.3, 0.4) is 0 Å². The van der Waals surface area contributed by atoms with E-state index in [-0.39, 0.29) is 5.76 Å². The van der Waals surface area contributed by atoms with Gasteiger partial charge in [-0.3, -0.25) is 4.79 Å². The van der Waals surface area contributed by atoms with Crippen LogP contribution in [0.1, 0.15) is 11.1 Å². The number of ether oxygens (including phenoxy) is 1. The van der Waals surface area contributed by atoms with Crippen molar-refractivity contribution < 1.29 is 22.7 Å². The fourth-order valence-electron chi connectivity index (χ4n) is 1.18. The van der Waals surface area contributed by atoms with Gasteiger partial charge >= 0.3 is 6.18 Å². The molecule has 0 spiro atoms. The molecule has 1 aromatic rings. The lowest BCUT2D eigenvalue weighted by molar-refractivity contribution is -0.165. The Morgan fingerprint density at radius 2 is 1.76 bits per heavy atom. The molecule has 0 aliphatic heterocycles. The molecule has 0 saturated carbocycles. The maximum absolute atomic E-state index is 12.1. The van der Waals surface area contributed by atoms with E-state index < -0.39 is 12.0 Å². The van der Waals surface area contributed by atoms with Crippen LogP contribution >= 0.6 is 0 Å². The highest BCUT2D eigenvalue weighted by atomic mass is 19.4. The molecule has 0 radical (unpaired) electrons. The number of ketones is 1. The van der Waals surface area contributed by atoms with E-state index in [9.17, 15) is 18.0 Å². The molecule has 5 heteroatoms. The zero-order valence-corrected chi connectivity index (χ0v) is 9.34. The Bertz CT molecular complexity index is 430. The Morgan fingerprint density at radius 3 is 2.18 bits per heavy atom. The molecule has 1 rings (SSSR count). The van der Waals surface area contributed by atoms with Crippen molar-refractivity contribution in [3.8, 4) is 0 Å². The molecule has 0 aromatic heterocycles. The summed E-state index contributed by atoms with van der Waals surface area (Å²) in [5.41, 5.74) is 1.39. The van der Waals surface area contributed by atoms with E-state index in [4.69, 9.17) is 4.74 Å². The number of halogens is 3. The lowest BCUT2D eigenvalue weighted by Crippen LogP contribution is -2.20. The summed E-state index contributed by atoms with van der Waals surface area (Å²) in [5.74, 6) is -2.04. The predicted octanol–water partition coefficient (Wildman–Crippen LogP) is 3.11. The van der Waals surface area contributed by atoms with E-state index in [1.165, 1.54) is 7.11 Å². The molecule has 0 atom stereocenters. The molecule has 92 valence electrons. The van der Waals surface area contributed by atoms with Gasteiger partial charge in [-0.05, 0) is 6.92 Å². The fraction of sp³-hybridized carbons (Fsp3) is 0.250. The standard InChI is InChI=1S/C12H11F3O2/c1-8-3-5-9(6-4-8)10(17-2)7-11(16)12(13,14)15/h3-7H,1-2H3/b10-7-. The lowest BCUT2D eigenvalue weighted by Gasteiger charge is -2.07. The van der Waals surface area contributed by atoms with Crippen LogP contribution in [0.15, 0.2) is 30.3 Å². The topological polar surface area (TPSA) is 26.3 Å². The maximum Gasteiger partial charge on any atom is 0.454 e. The fourth-order valence-corrected chi connectivity index (χ4v) is 1.18. The maximum atomic E-state index is 12.1. The molecule has 0 fully saturated rings.